The van der Waals surface area contributed by atoms with Gasteiger partial charge in [-0.15, -0.1) is 0 Å². The number of hydrogen-bond donors (Lipinski definition) is 0. The van der Waals surface area contributed by atoms with E-state index in [4.69, 9.17) is 0 Å². The quantitative estimate of drug-likeness (QED) is 0.549. The van der Waals surface area contributed by atoms with Crippen LogP contribution < -0.4 is 0 Å². The van der Waals surface area contributed by atoms with Crippen LogP contribution in [-0.4, -0.2) is 0 Å². The topological polar surface area (TPSA) is 0 Å². The molecule has 0 radical (unpaired) electrons. The predicted octanol–water partition coefficient (Wildman–Crippen LogP) is 4.78. The van der Waals surface area contributed by atoms with Gasteiger partial charge in [0.1, 0.15) is 0 Å². The molecule has 0 bridgehead atoms. The van der Waals surface area contributed by atoms with Gasteiger partial charge in [-0.1, -0.05) is 71.6 Å². The van der Waals surface area contributed by atoms with Gasteiger partial charge in [0.15, 0.2) is 0 Å². The fourth-order valence-electron chi connectivity index (χ4n) is 2.93. The van der Waals surface area contributed by atoms with Crippen molar-refractivity contribution in [3.8, 4) is 0 Å². The van der Waals surface area contributed by atoms with E-state index in [0.29, 0.717) is 0 Å². The van der Waals surface area contributed by atoms with E-state index in [0.717, 1.165) is 11.8 Å². The zero-order valence-electron chi connectivity index (χ0n) is 9.52. The molecule has 0 aromatic carbocycles. The molecular formula is C13H26. The second-order valence-corrected chi connectivity index (χ2v) is 4.71. The van der Waals surface area contributed by atoms with Crippen LogP contribution in [0, 0.1) is 11.8 Å². The minimum atomic E-state index is 1.04. The molecule has 0 saturated heterocycles. The average Bonchev–Trinajstić information content (AvgIpc) is 2.42. The zero-order chi connectivity index (χ0) is 9.52. The van der Waals surface area contributed by atoms with E-state index in [2.05, 4.69) is 13.8 Å². The van der Waals surface area contributed by atoms with E-state index in [1.54, 1.807) is 0 Å². The van der Waals surface area contributed by atoms with Gasteiger partial charge in [-0.25, -0.2) is 0 Å². The van der Waals surface area contributed by atoms with Crippen LogP contribution >= 0.6 is 0 Å². The monoisotopic (exact) mass is 182 g/mol. The first kappa shape index (κ1) is 11.1. The molecule has 0 nitrogen and oxygen atoms in total. The van der Waals surface area contributed by atoms with Crippen molar-refractivity contribution >= 4 is 0 Å². The Balaban J connectivity index is 2.35. The summed E-state index contributed by atoms with van der Waals surface area (Å²) >= 11 is 0. The van der Waals surface area contributed by atoms with Crippen molar-refractivity contribution in [3.05, 3.63) is 0 Å². The van der Waals surface area contributed by atoms with Gasteiger partial charge >= 0.3 is 0 Å². The molecule has 0 aliphatic heterocycles. The van der Waals surface area contributed by atoms with E-state index in [1.165, 1.54) is 57.8 Å². The molecule has 1 rings (SSSR count). The molecule has 1 aliphatic carbocycles. The minimum Gasteiger partial charge on any atom is -0.0654 e. The van der Waals surface area contributed by atoms with E-state index in [-0.39, 0.29) is 0 Å². The van der Waals surface area contributed by atoms with Gasteiger partial charge in [-0.2, -0.15) is 0 Å². The van der Waals surface area contributed by atoms with Crippen LogP contribution in [0.3, 0.4) is 0 Å². The van der Waals surface area contributed by atoms with Crippen molar-refractivity contribution in [2.75, 3.05) is 0 Å². The third-order valence-corrected chi connectivity index (χ3v) is 3.75. The summed E-state index contributed by atoms with van der Waals surface area (Å²) in [6, 6.07) is 0. The lowest BCUT2D eigenvalue weighted by Crippen LogP contribution is -2.13. The van der Waals surface area contributed by atoms with Gasteiger partial charge in [0.25, 0.3) is 0 Å². The van der Waals surface area contributed by atoms with Gasteiger partial charge in [0, 0.05) is 0 Å². The summed E-state index contributed by atoms with van der Waals surface area (Å²) in [6.07, 6.45) is 13.3. The summed E-state index contributed by atoms with van der Waals surface area (Å²) in [7, 11) is 0. The Bertz CT molecular complexity index is 109. The Morgan fingerprint density at radius 2 is 1.62 bits per heavy atom. The normalized spacial score (nSPS) is 22.6. The summed E-state index contributed by atoms with van der Waals surface area (Å²) in [4.78, 5) is 0. The number of hydrogen-bond acceptors (Lipinski definition) is 0. The summed E-state index contributed by atoms with van der Waals surface area (Å²) in [5, 5.41) is 0. The maximum Gasteiger partial charge on any atom is -0.0386 e. The van der Waals surface area contributed by atoms with Crippen molar-refractivity contribution < 1.29 is 0 Å². The highest BCUT2D eigenvalue weighted by atomic mass is 14.3. The van der Waals surface area contributed by atoms with E-state index < -0.39 is 0 Å². The molecule has 1 unspecified atom stereocenters. The van der Waals surface area contributed by atoms with Crippen LogP contribution in [-0.2, 0) is 0 Å². The molecule has 0 aromatic rings. The second kappa shape index (κ2) is 6.45. The van der Waals surface area contributed by atoms with Crippen LogP contribution in [0.2, 0.25) is 0 Å². The summed E-state index contributed by atoms with van der Waals surface area (Å²) in [5.74, 6) is 2.12. The van der Waals surface area contributed by atoms with E-state index >= 15 is 0 Å². The Morgan fingerprint density at radius 3 is 2.08 bits per heavy atom. The summed E-state index contributed by atoms with van der Waals surface area (Å²) in [6.45, 7) is 4.71. The van der Waals surface area contributed by atoms with Crippen molar-refractivity contribution in [1.82, 2.24) is 0 Å². The fourth-order valence-corrected chi connectivity index (χ4v) is 2.93. The lowest BCUT2D eigenvalue weighted by atomic mass is 9.82. The molecule has 0 amide bonds. The largest absolute Gasteiger partial charge is 0.0654 e. The smallest absolute Gasteiger partial charge is 0.0386 e. The van der Waals surface area contributed by atoms with Crippen molar-refractivity contribution in [2.45, 2.75) is 71.6 Å². The Kier molecular flexibility index (Phi) is 5.50. The molecule has 13 heavy (non-hydrogen) atoms. The standard InChI is InChI=1S/C13H26/c1-3-9-12(4-2)13-10-7-5-6-8-11-13/h12-13H,3-11H2,1-2H3. The molecular weight excluding hydrogens is 156 g/mol. The zero-order valence-corrected chi connectivity index (χ0v) is 9.52. The third kappa shape index (κ3) is 3.70. The highest BCUT2D eigenvalue weighted by Crippen LogP contribution is 2.33. The maximum absolute atomic E-state index is 2.38. The molecule has 1 saturated carbocycles. The molecule has 1 fully saturated rings. The Labute approximate surface area is 84.1 Å². The minimum absolute atomic E-state index is 1.04. The number of rotatable bonds is 4. The first-order valence-corrected chi connectivity index (χ1v) is 6.38. The second-order valence-electron chi connectivity index (χ2n) is 4.71. The van der Waals surface area contributed by atoms with Gasteiger partial charge < -0.3 is 0 Å². The van der Waals surface area contributed by atoms with E-state index in [9.17, 15) is 0 Å². The third-order valence-electron chi connectivity index (χ3n) is 3.75. The molecule has 0 aromatic heterocycles. The summed E-state index contributed by atoms with van der Waals surface area (Å²) < 4.78 is 0. The molecule has 0 heteroatoms. The molecule has 1 aliphatic rings. The van der Waals surface area contributed by atoms with Crippen LogP contribution in [0.5, 0.6) is 0 Å². The SMILES string of the molecule is CCCC(CC)C1CCCCCC1. The highest BCUT2D eigenvalue weighted by Gasteiger charge is 2.20. The lowest BCUT2D eigenvalue weighted by molar-refractivity contribution is 0.271. The average molecular weight is 182 g/mol. The van der Waals surface area contributed by atoms with Crippen LogP contribution in [0.1, 0.15) is 71.6 Å². The van der Waals surface area contributed by atoms with E-state index in [1.807, 2.05) is 0 Å². The highest BCUT2D eigenvalue weighted by molar-refractivity contribution is 4.71. The van der Waals surface area contributed by atoms with Gasteiger partial charge in [-0.3, -0.25) is 0 Å². The predicted molar refractivity (Wildman–Crippen MR) is 59.9 cm³/mol. The van der Waals surface area contributed by atoms with Crippen LogP contribution in [0.4, 0.5) is 0 Å². The first-order valence-electron chi connectivity index (χ1n) is 6.38. The first-order chi connectivity index (χ1) is 6.38. The lowest BCUT2D eigenvalue weighted by Gasteiger charge is -2.24. The molecule has 0 spiro atoms. The molecule has 0 N–H and O–H groups in total. The van der Waals surface area contributed by atoms with Crippen LogP contribution in [0.25, 0.3) is 0 Å². The molecule has 78 valence electrons. The Morgan fingerprint density at radius 1 is 1.00 bits per heavy atom. The Hall–Kier alpha value is 0. The molecule has 1 atom stereocenters. The van der Waals surface area contributed by atoms with Gasteiger partial charge in [-0.05, 0) is 11.8 Å². The van der Waals surface area contributed by atoms with Gasteiger partial charge in [0.2, 0.25) is 0 Å². The van der Waals surface area contributed by atoms with Crippen molar-refractivity contribution in [1.29, 1.82) is 0 Å². The van der Waals surface area contributed by atoms with Gasteiger partial charge in [0.05, 0.1) is 0 Å². The van der Waals surface area contributed by atoms with Crippen molar-refractivity contribution in [2.24, 2.45) is 11.8 Å². The maximum atomic E-state index is 2.38. The fraction of sp³-hybridized carbons (Fsp3) is 1.00. The summed E-state index contributed by atoms with van der Waals surface area (Å²) in [5.41, 5.74) is 0. The molecule has 0 heterocycles. The van der Waals surface area contributed by atoms with Crippen LogP contribution in [0.15, 0.2) is 0 Å². The van der Waals surface area contributed by atoms with Crippen molar-refractivity contribution in [3.63, 3.8) is 0 Å².